The van der Waals surface area contributed by atoms with Crippen molar-refractivity contribution in [3.8, 4) is 0 Å². The van der Waals surface area contributed by atoms with Gasteiger partial charge in [0, 0.05) is 25.7 Å². The van der Waals surface area contributed by atoms with E-state index in [0.717, 1.165) is 37.3 Å². The predicted octanol–water partition coefficient (Wildman–Crippen LogP) is 3.26. The first-order valence-electron chi connectivity index (χ1n) is 6.43. The number of nitrogens with zero attached hydrogens (tertiary/aromatic N) is 2. The summed E-state index contributed by atoms with van der Waals surface area (Å²) in [4.78, 5) is 6.04. The van der Waals surface area contributed by atoms with Crippen molar-refractivity contribution in [1.82, 2.24) is 10.3 Å². The molecule has 0 unspecified atom stereocenters. The molecule has 0 aromatic carbocycles. The van der Waals surface area contributed by atoms with Crippen molar-refractivity contribution in [2.45, 2.75) is 45.5 Å². The molecule has 0 radical (unpaired) electrons. The summed E-state index contributed by atoms with van der Waals surface area (Å²) in [7, 11) is 0. The molecule has 1 fully saturated rings. The molecule has 7 heteroatoms. The second-order valence-electron chi connectivity index (χ2n) is 5.00. The van der Waals surface area contributed by atoms with Crippen LogP contribution in [0, 0.1) is 0 Å². The number of alkyl halides is 3. The Kier molecular flexibility index (Phi) is 4.35. The van der Waals surface area contributed by atoms with Gasteiger partial charge >= 0.3 is 6.18 Å². The van der Waals surface area contributed by atoms with Gasteiger partial charge in [0.1, 0.15) is 0 Å². The Balaban J connectivity index is 2.23. The molecule has 2 rings (SSSR count). The number of aromatic nitrogens is 1. The fourth-order valence-corrected chi connectivity index (χ4v) is 3.10. The number of thiazole rings is 1. The number of anilines is 1. The Morgan fingerprint density at radius 3 is 2.47 bits per heavy atom. The van der Waals surface area contributed by atoms with Crippen LogP contribution in [-0.2, 0) is 12.7 Å². The quantitative estimate of drug-likeness (QED) is 0.923. The maximum atomic E-state index is 13.0. The lowest BCUT2D eigenvalue weighted by molar-refractivity contribution is -0.141. The van der Waals surface area contributed by atoms with Gasteiger partial charge in [-0.2, -0.15) is 13.2 Å². The van der Waals surface area contributed by atoms with Gasteiger partial charge in [0.15, 0.2) is 10.8 Å². The Bertz CT molecular complexity index is 422. The van der Waals surface area contributed by atoms with E-state index in [4.69, 9.17) is 0 Å². The number of nitrogens with one attached hydrogen (secondary N) is 1. The highest BCUT2D eigenvalue weighted by Crippen LogP contribution is 2.38. The van der Waals surface area contributed by atoms with Gasteiger partial charge in [-0.15, -0.1) is 0 Å². The van der Waals surface area contributed by atoms with Crippen LogP contribution in [0.15, 0.2) is 0 Å². The van der Waals surface area contributed by atoms with Crippen molar-refractivity contribution in [2.24, 2.45) is 0 Å². The highest BCUT2D eigenvalue weighted by Gasteiger charge is 2.38. The van der Waals surface area contributed by atoms with E-state index >= 15 is 0 Å². The lowest BCUT2D eigenvalue weighted by Crippen LogP contribution is -2.23. The van der Waals surface area contributed by atoms with E-state index in [1.54, 1.807) is 0 Å². The van der Waals surface area contributed by atoms with Crippen molar-refractivity contribution >= 4 is 16.5 Å². The van der Waals surface area contributed by atoms with Gasteiger partial charge in [-0.05, 0) is 12.8 Å². The standard InChI is InChI=1S/C12H18F3N3S/c1-8(2)16-7-9-10(12(13,14)15)17-11(19-9)18-5-3-4-6-18/h8,16H,3-7H2,1-2H3. The molecule has 2 heterocycles. The topological polar surface area (TPSA) is 28.2 Å². The van der Waals surface area contributed by atoms with Crippen LogP contribution in [0.25, 0.3) is 0 Å². The first-order valence-corrected chi connectivity index (χ1v) is 7.25. The van der Waals surface area contributed by atoms with E-state index in [-0.39, 0.29) is 17.5 Å². The lowest BCUT2D eigenvalue weighted by Gasteiger charge is -2.12. The zero-order valence-electron chi connectivity index (χ0n) is 11.0. The number of hydrogen-bond acceptors (Lipinski definition) is 4. The van der Waals surface area contributed by atoms with Crippen molar-refractivity contribution in [2.75, 3.05) is 18.0 Å². The molecule has 0 aliphatic carbocycles. The number of hydrogen-bond donors (Lipinski definition) is 1. The average Bonchev–Trinajstić information content (AvgIpc) is 2.94. The highest BCUT2D eigenvalue weighted by molar-refractivity contribution is 7.15. The molecule has 1 saturated heterocycles. The minimum absolute atomic E-state index is 0.151. The first-order chi connectivity index (χ1) is 8.88. The van der Waals surface area contributed by atoms with E-state index in [9.17, 15) is 13.2 Å². The molecule has 1 aromatic heterocycles. The van der Waals surface area contributed by atoms with Crippen LogP contribution in [0.1, 0.15) is 37.3 Å². The van der Waals surface area contributed by atoms with Gasteiger partial charge in [-0.3, -0.25) is 0 Å². The van der Waals surface area contributed by atoms with Gasteiger partial charge in [0.25, 0.3) is 0 Å². The van der Waals surface area contributed by atoms with E-state index in [1.165, 1.54) is 0 Å². The summed E-state index contributed by atoms with van der Waals surface area (Å²) >= 11 is 1.16. The Morgan fingerprint density at radius 1 is 1.32 bits per heavy atom. The van der Waals surface area contributed by atoms with Gasteiger partial charge in [-0.1, -0.05) is 25.2 Å². The number of halogens is 3. The summed E-state index contributed by atoms with van der Waals surface area (Å²) in [5, 5.41) is 3.54. The van der Waals surface area contributed by atoms with Gasteiger partial charge in [0.2, 0.25) is 0 Å². The van der Waals surface area contributed by atoms with Crippen molar-refractivity contribution in [3.05, 3.63) is 10.6 Å². The molecule has 1 aliphatic heterocycles. The van der Waals surface area contributed by atoms with Gasteiger partial charge in [0.05, 0.1) is 4.88 Å². The zero-order chi connectivity index (χ0) is 14.0. The highest BCUT2D eigenvalue weighted by atomic mass is 32.1. The van der Waals surface area contributed by atoms with Crippen LogP contribution in [0.5, 0.6) is 0 Å². The largest absolute Gasteiger partial charge is 0.434 e. The lowest BCUT2D eigenvalue weighted by atomic mass is 10.3. The predicted molar refractivity (Wildman–Crippen MR) is 70.5 cm³/mol. The van der Waals surface area contributed by atoms with Crippen LogP contribution in [-0.4, -0.2) is 24.1 Å². The third kappa shape index (κ3) is 3.60. The van der Waals surface area contributed by atoms with Gasteiger partial charge in [-0.25, -0.2) is 4.98 Å². The molecular weight excluding hydrogens is 275 g/mol. The summed E-state index contributed by atoms with van der Waals surface area (Å²) in [5.74, 6) is 0. The molecule has 0 saturated carbocycles. The molecule has 108 valence electrons. The molecule has 0 amide bonds. The van der Waals surface area contributed by atoms with Crippen LogP contribution in [0.3, 0.4) is 0 Å². The van der Waals surface area contributed by atoms with E-state index < -0.39 is 11.9 Å². The smallest absolute Gasteiger partial charge is 0.348 e. The third-order valence-electron chi connectivity index (χ3n) is 3.00. The van der Waals surface area contributed by atoms with E-state index in [0.29, 0.717) is 5.13 Å². The fraction of sp³-hybridized carbons (Fsp3) is 0.750. The van der Waals surface area contributed by atoms with Crippen LogP contribution >= 0.6 is 11.3 Å². The third-order valence-corrected chi connectivity index (χ3v) is 4.12. The molecule has 1 aromatic rings. The second kappa shape index (κ2) is 5.66. The molecule has 1 aliphatic rings. The van der Waals surface area contributed by atoms with E-state index in [1.807, 2.05) is 18.7 Å². The fourth-order valence-electron chi connectivity index (χ4n) is 2.02. The molecule has 0 atom stereocenters. The SMILES string of the molecule is CC(C)NCc1sc(N2CCCC2)nc1C(F)(F)F. The second-order valence-corrected chi connectivity index (χ2v) is 6.06. The molecule has 19 heavy (non-hydrogen) atoms. The van der Waals surface area contributed by atoms with Crippen molar-refractivity contribution in [1.29, 1.82) is 0 Å². The van der Waals surface area contributed by atoms with Crippen LogP contribution in [0.4, 0.5) is 18.3 Å². The molecular formula is C12H18F3N3S. The average molecular weight is 293 g/mol. The van der Waals surface area contributed by atoms with E-state index in [2.05, 4.69) is 10.3 Å². The zero-order valence-corrected chi connectivity index (χ0v) is 11.9. The summed E-state index contributed by atoms with van der Waals surface area (Å²) < 4.78 is 38.9. The van der Waals surface area contributed by atoms with Crippen molar-refractivity contribution < 1.29 is 13.2 Å². The van der Waals surface area contributed by atoms with Crippen LogP contribution in [0.2, 0.25) is 0 Å². The normalized spacial score (nSPS) is 16.6. The van der Waals surface area contributed by atoms with Gasteiger partial charge < -0.3 is 10.2 Å². The van der Waals surface area contributed by atoms with Crippen molar-refractivity contribution in [3.63, 3.8) is 0 Å². The molecule has 1 N–H and O–H groups in total. The molecule has 3 nitrogen and oxygen atoms in total. The maximum Gasteiger partial charge on any atom is 0.434 e. The molecule has 0 bridgehead atoms. The Morgan fingerprint density at radius 2 is 1.95 bits per heavy atom. The van der Waals surface area contributed by atoms with Crippen LogP contribution < -0.4 is 10.2 Å². The summed E-state index contributed by atoms with van der Waals surface area (Å²) in [6.07, 6.45) is -2.32. The number of rotatable bonds is 4. The first kappa shape index (κ1) is 14.6. The minimum atomic E-state index is -4.37. The minimum Gasteiger partial charge on any atom is -0.348 e. The summed E-state index contributed by atoms with van der Waals surface area (Å²) in [6, 6.07) is 0.151. The molecule has 0 spiro atoms. The maximum absolute atomic E-state index is 13.0. The monoisotopic (exact) mass is 293 g/mol. The Labute approximate surface area is 114 Å². The summed E-state index contributed by atoms with van der Waals surface area (Å²) in [6.45, 7) is 5.66. The Hall–Kier alpha value is -0.820. The summed E-state index contributed by atoms with van der Waals surface area (Å²) in [5.41, 5.74) is -0.729.